The van der Waals surface area contributed by atoms with Gasteiger partial charge in [-0.1, -0.05) is 0 Å². The second-order valence-corrected chi connectivity index (χ2v) is 6.17. The van der Waals surface area contributed by atoms with Gasteiger partial charge in [0.1, 0.15) is 10.7 Å². The highest BCUT2D eigenvalue weighted by atomic mass is 32.2. The van der Waals surface area contributed by atoms with Gasteiger partial charge in [0.25, 0.3) is 0 Å². The van der Waals surface area contributed by atoms with Gasteiger partial charge in [0.05, 0.1) is 11.8 Å². The minimum Gasteiger partial charge on any atom is -0.398 e. The van der Waals surface area contributed by atoms with Crippen molar-refractivity contribution in [3.8, 4) is 0 Å². The van der Waals surface area contributed by atoms with E-state index in [1.165, 1.54) is 0 Å². The Hall–Kier alpha value is -1.18. The van der Waals surface area contributed by atoms with Crippen LogP contribution in [-0.4, -0.2) is 26.2 Å². The van der Waals surface area contributed by atoms with Gasteiger partial charge in [-0.3, -0.25) is 0 Å². The molecule has 0 saturated heterocycles. The fourth-order valence-electron chi connectivity index (χ4n) is 1.68. The first-order valence-corrected chi connectivity index (χ1v) is 7.11. The van der Waals surface area contributed by atoms with E-state index in [9.17, 15) is 17.9 Å². The summed E-state index contributed by atoms with van der Waals surface area (Å²) in [5.74, 6) is -0.414. The molecule has 1 fully saturated rings. The highest BCUT2D eigenvalue weighted by Crippen LogP contribution is 2.32. The van der Waals surface area contributed by atoms with Crippen molar-refractivity contribution in [2.24, 2.45) is 5.92 Å². The van der Waals surface area contributed by atoms with Crippen LogP contribution in [0.3, 0.4) is 0 Å². The Labute approximate surface area is 105 Å². The minimum atomic E-state index is -3.81. The molecule has 1 aromatic rings. The molecule has 5 nitrogen and oxygen atoms in total. The number of aliphatic hydroxyl groups is 1. The molecule has 1 aliphatic carbocycles. The van der Waals surface area contributed by atoms with E-state index in [0.717, 1.165) is 31.0 Å². The van der Waals surface area contributed by atoms with Gasteiger partial charge in [-0.2, -0.15) is 0 Å². The molecule has 18 heavy (non-hydrogen) atoms. The number of hydrogen-bond donors (Lipinski definition) is 3. The SMILES string of the molecule is Nc1cc(F)ccc1S(=O)(=O)NCC(O)C1CC1. The van der Waals surface area contributed by atoms with Crippen LogP contribution in [0.5, 0.6) is 0 Å². The normalized spacial score (nSPS) is 17.7. The second kappa shape index (κ2) is 4.83. The number of anilines is 1. The lowest BCUT2D eigenvalue weighted by Gasteiger charge is -2.12. The average molecular weight is 274 g/mol. The van der Waals surface area contributed by atoms with Crippen LogP contribution in [0.25, 0.3) is 0 Å². The fourth-order valence-corrected chi connectivity index (χ4v) is 2.85. The van der Waals surface area contributed by atoms with Crippen molar-refractivity contribution in [3.63, 3.8) is 0 Å². The van der Waals surface area contributed by atoms with E-state index in [-0.39, 0.29) is 23.0 Å². The molecule has 0 bridgehead atoms. The number of rotatable bonds is 5. The molecular formula is C11H15FN2O3S. The third-order valence-corrected chi connectivity index (χ3v) is 4.41. The number of nitrogens with one attached hydrogen (secondary N) is 1. The first-order chi connectivity index (χ1) is 8.40. The summed E-state index contributed by atoms with van der Waals surface area (Å²) in [5.41, 5.74) is 5.31. The molecule has 1 saturated carbocycles. The Kier molecular flexibility index (Phi) is 3.56. The van der Waals surface area contributed by atoms with Gasteiger partial charge >= 0.3 is 0 Å². The number of benzene rings is 1. The molecule has 100 valence electrons. The number of nitrogens with two attached hydrogens (primary N) is 1. The quantitative estimate of drug-likeness (QED) is 0.680. The van der Waals surface area contributed by atoms with Gasteiger partial charge in [-0.05, 0) is 37.0 Å². The summed E-state index contributed by atoms with van der Waals surface area (Å²) in [4.78, 5) is -0.174. The van der Waals surface area contributed by atoms with Crippen molar-refractivity contribution < 1.29 is 17.9 Å². The fraction of sp³-hybridized carbons (Fsp3) is 0.455. The molecule has 1 atom stereocenters. The zero-order valence-electron chi connectivity index (χ0n) is 9.64. The monoisotopic (exact) mass is 274 g/mol. The molecule has 2 rings (SSSR count). The first-order valence-electron chi connectivity index (χ1n) is 5.63. The molecule has 1 aromatic carbocycles. The Morgan fingerprint density at radius 2 is 2.17 bits per heavy atom. The molecule has 0 aromatic heterocycles. The molecular weight excluding hydrogens is 259 g/mol. The molecule has 4 N–H and O–H groups in total. The average Bonchev–Trinajstić information content (AvgIpc) is 3.09. The lowest BCUT2D eigenvalue weighted by Crippen LogP contribution is -2.33. The molecule has 0 spiro atoms. The van der Waals surface area contributed by atoms with Gasteiger partial charge in [-0.15, -0.1) is 0 Å². The van der Waals surface area contributed by atoms with Crippen LogP contribution >= 0.6 is 0 Å². The van der Waals surface area contributed by atoms with Crippen LogP contribution in [0.2, 0.25) is 0 Å². The summed E-state index contributed by atoms with van der Waals surface area (Å²) in [6, 6.07) is 3.09. The van der Waals surface area contributed by atoms with Crippen LogP contribution in [0, 0.1) is 11.7 Å². The molecule has 1 unspecified atom stereocenters. The van der Waals surface area contributed by atoms with Crippen LogP contribution in [0.15, 0.2) is 23.1 Å². The van der Waals surface area contributed by atoms with Gasteiger partial charge < -0.3 is 10.8 Å². The van der Waals surface area contributed by atoms with Crippen LogP contribution in [0.1, 0.15) is 12.8 Å². The molecule has 7 heteroatoms. The van der Waals surface area contributed by atoms with E-state index in [1.54, 1.807) is 0 Å². The smallest absolute Gasteiger partial charge is 0.242 e. The van der Waals surface area contributed by atoms with Crippen LogP contribution in [-0.2, 0) is 10.0 Å². The van der Waals surface area contributed by atoms with E-state index in [0.29, 0.717) is 0 Å². The summed E-state index contributed by atoms with van der Waals surface area (Å²) < 4.78 is 38.9. The summed E-state index contributed by atoms with van der Waals surface area (Å²) in [6.07, 6.45) is 1.16. The van der Waals surface area contributed by atoms with Crippen molar-refractivity contribution in [2.75, 3.05) is 12.3 Å². The van der Waals surface area contributed by atoms with E-state index in [1.807, 2.05) is 0 Å². The number of hydrogen-bond acceptors (Lipinski definition) is 4. The molecule has 0 aliphatic heterocycles. The molecule has 0 amide bonds. The third kappa shape index (κ3) is 2.98. The molecule has 0 radical (unpaired) electrons. The first kappa shape index (κ1) is 13.3. The van der Waals surface area contributed by atoms with Crippen molar-refractivity contribution in [1.29, 1.82) is 0 Å². The van der Waals surface area contributed by atoms with Gasteiger partial charge in [-0.25, -0.2) is 17.5 Å². The van der Waals surface area contributed by atoms with Crippen molar-refractivity contribution in [3.05, 3.63) is 24.0 Å². The topological polar surface area (TPSA) is 92.4 Å². The lowest BCUT2D eigenvalue weighted by molar-refractivity contribution is 0.155. The maximum Gasteiger partial charge on any atom is 0.242 e. The highest BCUT2D eigenvalue weighted by Gasteiger charge is 2.30. The highest BCUT2D eigenvalue weighted by molar-refractivity contribution is 7.89. The largest absolute Gasteiger partial charge is 0.398 e. The lowest BCUT2D eigenvalue weighted by atomic mass is 10.2. The van der Waals surface area contributed by atoms with Crippen molar-refractivity contribution in [2.45, 2.75) is 23.8 Å². The Morgan fingerprint density at radius 1 is 1.50 bits per heavy atom. The summed E-state index contributed by atoms with van der Waals surface area (Å²) in [6.45, 7) is -0.0518. The Morgan fingerprint density at radius 3 is 2.72 bits per heavy atom. The van der Waals surface area contributed by atoms with Crippen molar-refractivity contribution in [1.82, 2.24) is 4.72 Å². The number of nitrogen functional groups attached to an aromatic ring is 1. The standard InChI is InChI=1S/C11H15FN2O3S/c12-8-3-4-11(9(13)5-8)18(16,17)14-6-10(15)7-1-2-7/h3-5,7,10,14-15H,1-2,6,13H2. The van der Waals surface area contributed by atoms with Gasteiger partial charge in [0.15, 0.2) is 0 Å². The summed E-state index contributed by atoms with van der Waals surface area (Å²) >= 11 is 0. The maximum atomic E-state index is 12.8. The zero-order chi connectivity index (χ0) is 13.3. The van der Waals surface area contributed by atoms with E-state index in [4.69, 9.17) is 5.73 Å². The predicted octanol–water partition coefficient (Wildman–Crippen LogP) is 0.457. The van der Waals surface area contributed by atoms with Crippen molar-refractivity contribution >= 4 is 15.7 Å². The minimum absolute atomic E-state index is 0.0518. The third-order valence-electron chi connectivity index (χ3n) is 2.91. The predicted molar refractivity (Wildman–Crippen MR) is 64.7 cm³/mol. The molecule has 1 aliphatic rings. The molecule has 0 heterocycles. The van der Waals surface area contributed by atoms with Gasteiger partial charge in [0, 0.05) is 6.54 Å². The summed E-state index contributed by atoms with van der Waals surface area (Å²) in [5, 5.41) is 9.59. The number of aliphatic hydroxyl groups excluding tert-OH is 1. The zero-order valence-corrected chi connectivity index (χ0v) is 10.5. The van der Waals surface area contributed by atoms with E-state index < -0.39 is 21.9 Å². The van der Waals surface area contributed by atoms with Crippen LogP contribution in [0.4, 0.5) is 10.1 Å². The van der Waals surface area contributed by atoms with E-state index >= 15 is 0 Å². The summed E-state index contributed by atoms with van der Waals surface area (Å²) in [7, 11) is -3.81. The number of halogens is 1. The number of sulfonamides is 1. The second-order valence-electron chi connectivity index (χ2n) is 4.44. The maximum absolute atomic E-state index is 12.8. The Balaban J connectivity index is 2.09. The Bertz CT molecular complexity index is 543. The van der Waals surface area contributed by atoms with E-state index in [2.05, 4.69) is 4.72 Å². The van der Waals surface area contributed by atoms with Gasteiger partial charge in [0.2, 0.25) is 10.0 Å². The van der Waals surface area contributed by atoms with Crippen LogP contribution < -0.4 is 10.5 Å².